The first-order valence-electron chi connectivity index (χ1n) is 4.89. The number of urea groups is 1. The largest absolute Gasteiger partial charge is 0.529 e. The second kappa shape index (κ2) is 6.65. The van der Waals surface area contributed by atoms with Crippen molar-refractivity contribution in [2.75, 3.05) is 13.1 Å². The molecule has 0 aromatic carbocycles. The van der Waals surface area contributed by atoms with Gasteiger partial charge in [-0.15, -0.1) is 0 Å². The van der Waals surface area contributed by atoms with E-state index in [1.165, 1.54) is 0 Å². The number of nitrogens with two attached hydrogens (primary N) is 1. The molecule has 0 radical (unpaired) electrons. The van der Waals surface area contributed by atoms with Crippen LogP contribution in [0.15, 0.2) is 0 Å². The van der Waals surface area contributed by atoms with Gasteiger partial charge >= 0.3 is 6.03 Å². The lowest BCUT2D eigenvalue weighted by Gasteiger charge is -2.23. The highest BCUT2D eigenvalue weighted by molar-refractivity contribution is 5.91. The van der Waals surface area contributed by atoms with E-state index in [-0.39, 0.29) is 12.5 Å². The molecule has 0 bridgehead atoms. The molecule has 4 amide bonds. The zero-order valence-electron chi connectivity index (χ0n) is 9.36. The highest BCUT2D eigenvalue weighted by Gasteiger charge is 2.14. The Morgan fingerprint density at radius 1 is 1.38 bits per heavy atom. The number of hydrogen-bond acceptors (Lipinski definition) is 4. The lowest BCUT2D eigenvalue weighted by atomic mass is 10.1. The van der Waals surface area contributed by atoms with Crippen LogP contribution in [0, 0.1) is 5.92 Å². The summed E-state index contributed by atoms with van der Waals surface area (Å²) in [5.41, 5.74) is 4.80. The Kier molecular flexibility index (Phi) is 5.91. The highest BCUT2D eigenvalue weighted by Crippen LogP contribution is 2.02. The van der Waals surface area contributed by atoms with Gasteiger partial charge in [0.15, 0.2) is 0 Å². The normalized spacial score (nSPS) is 9.94. The Hall–Kier alpha value is -1.79. The van der Waals surface area contributed by atoms with Gasteiger partial charge in [-0.05, 0) is 12.3 Å². The van der Waals surface area contributed by atoms with E-state index in [2.05, 4.69) is 5.32 Å². The lowest BCUT2D eigenvalue weighted by molar-refractivity contribution is -0.261. The predicted octanol–water partition coefficient (Wildman–Crippen LogP) is -1.13. The molecule has 0 heterocycles. The number of nitrogens with zero attached hydrogens (tertiary/aromatic N) is 1. The average Bonchev–Trinajstić information content (AvgIpc) is 2.13. The van der Waals surface area contributed by atoms with E-state index >= 15 is 0 Å². The van der Waals surface area contributed by atoms with Crippen molar-refractivity contribution >= 4 is 18.0 Å². The third-order valence-electron chi connectivity index (χ3n) is 1.81. The number of imide groups is 1. The monoisotopic (exact) mass is 230 g/mol. The number of rotatable bonds is 5. The zero-order valence-corrected chi connectivity index (χ0v) is 9.36. The second-order valence-corrected chi connectivity index (χ2v) is 3.73. The van der Waals surface area contributed by atoms with E-state index < -0.39 is 24.6 Å². The minimum Gasteiger partial charge on any atom is -0.529 e. The number of amides is 4. The molecule has 0 aromatic heterocycles. The molecule has 92 valence electrons. The molecule has 0 saturated carbocycles. The summed E-state index contributed by atoms with van der Waals surface area (Å²) >= 11 is 0. The average molecular weight is 230 g/mol. The van der Waals surface area contributed by atoms with Crippen molar-refractivity contribution in [1.82, 2.24) is 10.2 Å². The van der Waals surface area contributed by atoms with Gasteiger partial charge in [-0.25, -0.2) is 4.79 Å². The maximum Gasteiger partial charge on any atom is 0.323 e. The Balaban J connectivity index is 4.24. The van der Waals surface area contributed by atoms with Crippen LogP contribution < -0.4 is 16.2 Å². The minimum absolute atomic E-state index is 0.0323. The zero-order chi connectivity index (χ0) is 12.7. The van der Waals surface area contributed by atoms with Crippen LogP contribution in [0.2, 0.25) is 0 Å². The number of hydrogen-bond donors (Lipinski definition) is 2. The lowest BCUT2D eigenvalue weighted by Crippen LogP contribution is -2.51. The molecule has 0 saturated heterocycles. The molecule has 16 heavy (non-hydrogen) atoms. The first kappa shape index (κ1) is 14.2. The molecule has 7 heteroatoms. The molecule has 7 nitrogen and oxygen atoms in total. The molecule has 0 fully saturated rings. The first-order chi connectivity index (χ1) is 7.34. The van der Waals surface area contributed by atoms with Gasteiger partial charge in [0.1, 0.15) is 6.09 Å². The third kappa shape index (κ3) is 5.84. The van der Waals surface area contributed by atoms with Gasteiger partial charge in [-0.3, -0.25) is 9.69 Å². The number of nitrogens with one attached hydrogen (secondary N) is 1. The van der Waals surface area contributed by atoms with Crippen LogP contribution in [0.3, 0.4) is 0 Å². The van der Waals surface area contributed by atoms with Crippen molar-refractivity contribution in [3.63, 3.8) is 0 Å². The minimum atomic E-state index is -1.59. The van der Waals surface area contributed by atoms with E-state index in [4.69, 9.17) is 5.73 Å². The number of carbonyl (C=O) groups excluding carboxylic acids is 3. The maximum atomic E-state index is 11.3. The molecule has 0 rings (SSSR count). The van der Waals surface area contributed by atoms with Crippen molar-refractivity contribution in [3.8, 4) is 0 Å². The summed E-state index contributed by atoms with van der Waals surface area (Å²) in [6.45, 7) is 3.43. The van der Waals surface area contributed by atoms with Crippen LogP contribution in [0.5, 0.6) is 0 Å². The molecule has 0 aliphatic heterocycles. The molecular weight excluding hydrogens is 214 g/mol. The number of primary amides is 1. The topological polar surface area (TPSA) is 116 Å². The third-order valence-corrected chi connectivity index (χ3v) is 1.81. The second-order valence-electron chi connectivity index (χ2n) is 3.73. The van der Waals surface area contributed by atoms with E-state index in [0.717, 1.165) is 0 Å². The molecular formula is C9H16N3O4-. The van der Waals surface area contributed by atoms with Crippen LogP contribution >= 0.6 is 0 Å². The van der Waals surface area contributed by atoms with Gasteiger partial charge in [-0.1, -0.05) is 13.8 Å². The highest BCUT2D eigenvalue weighted by atomic mass is 16.4. The van der Waals surface area contributed by atoms with Gasteiger partial charge in [0, 0.05) is 6.54 Å². The van der Waals surface area contributed by atoms with Crippen molar-refractivity contribution in [1.29, 1.82) is 0 Å². The van der Waals surface area contributed by atoms with E-state index in [9.17, 15) is 19.5 Å². The fourth-order valence-corrected chi connectivity index (χ4v) is 0.921. The molecule has 3 N–H and O–H groups in total. The molecule has 0 aromatic rings. The van der Waals surface area contributed by atoms with E-state index in [1.54, 1.807) is 0 Å². The van der Waals surface area contributed by atoms with Crippen molar-refractivity contribution in [2.45, 2.75) is 20.3 Å². The van der Waals surface area contributed by atoms with Crippen LogP contribution in [0.1, 0.15) is 20.3 Å². The van der Waals surface area contributed by atoms with E-state index in [0.29, 0.717) is 11.3 Å². The fraction of sp³-hybridized carbons (Fsp3) is 0.667. The van der Waals surface area contributed by atoms with Gasteiger partial charge in [-0.2, -0.15) is 0 Å². The van der Waals surface area contributed by atoms with Gasteiger partial charge in [0.25, 0.3) is 0 Å². The Morgan fingerprint density at radius 2 is 1.94 bits per heavy atom. The predicted molar refractivity (Wildman–Crippen MR) is 54.2 cm³/mol. The quantitative estimate of drug-likeness (QED) is 0.621. The van der Waals surface area contributed by atoms with Crippen molar-refractivity contribution in [3.05, 3.63) is 0 Å². The Morgan fingerprint density at radius 3 is 2.31 bits per heavy atom. The Bertz CT molecular complexity index is 278. The van der Waals surface area contributed by atoms with Crippen molar-refractivity contribution < 1.29 is 19.5 Å². The summed E-state index contributed by atoms with van der Waals surface area (Å²) in [4.78, 5) is 32.8. The maximum absolute atomic E-state index is 11.3. The summed E-state index contributed by atoms with van der Waals surface area (Å²) in [5, 5.41) is 12.7. The SMILES string of the molecule is CC(C)CCN(C(=O)[O-])C(=O)NCC(N)=O. The Labute approximate surface area is 93.6 Å². The summed E-state index contributed by atoms with van der Waals surface area (Å²) in [6, 6.07) is -0.889. The first-order valence-corrected chi connectivity index (χ1v) is 4.89. The van der Waals surface area contributed by atoms with Crippen LogP contribution in [0.4, 0.5) is 9.59 Å². The summed E-state index contributed by atoms with van der Waals surface area (Å²) < 4.78 is 0. The molecule has 0 spiro atoms. The van der Waals surface area contributed by atoms with Gasteiger partial charge in [0.2, 0.25) is 5.91 Å². The molecule has 0 atom stereocenters. The smallest absolute Gasteiger partial charge is 0.323 e. The standard InChI is InChI=1S/C9H17N3O4/c1-6(2)3-4-12(9(15)16)8(14)11-5-7(10)13/h6H,3-5H2,1-2H3,(H2,10,13)(H,11,14)(H,15,16)/p-1. The van der Waals surface area contributed by atoms with E-state index in [1.807, 2.05) is 13.8 Å². The molecule has 0 unspecified atom stereocenters. The summed E-state index contributed by atoms with van der Waals surface area (Å²) in [6.07, 6.45) is -1.07. The molecule has 0 aliphatic rings. The fourth-order valence-electron chi connectivity index (χ4n) is 0.921. The summed E-state index contributed by atoms with van der Waals surface area (Å²) in [5.74, 6) is -0.485. The van der Waals surface area contributed by atoms with Crippen molar-refractivity contribution in [2.24, 2.45) is 11.7 Å². The molecule has 0 aliphatic carbocycles. The number of carbonyl (C=O) groups is 3. The number of carboxylic acid groups (broad SMARTS) is 1. The summed E-state index contributed by atoms with van der Waals surface area (Å²) in [7, 11) is 0. The van der Waals surface area contributed by atoms with Crippen LogP contribution in [-0.4, -0.2) is 36.0 Å². The van der Waals surface area contributed by atoms with Crippen LogP contribution in [0.25, 0.3) is 0 Å². The van der Waals surface area contributed by atoms with Gasteiger partial charge < -0.3 is 21.0 Å². The van der Waals surface area contributed by atoms with Crippen LogP contribution in [-0.2, 0) is 4.79 Å². The van der Waals surface area contributed by atoms with Gasteiger partial charge in [0.05, 0.1) is 6.54 Å².